The standard InChI is InChI=1S/C22H21N5O2S/c1-14-19(30-21(23-14)15-8-10-16(29-2)11-9-15)22(28)26-13-5-6-17(26)20-25-24-18-7-3-4-12-27(18)20/h3-4,7-12,17H,5-6,13H2,1-2H3/t17-/m0/s1. The molecule has 3 aromatic heterocycles. The summed E-state index contributed by atoms with van der Waals surface area (Å²) in [5.74, 6) is 1.62. The van der Waals surface area contributed by atoms with E-state index in [1.807, 2.05) is 64.9 Å². The van der Waals surface area contributed by atoms with Crippen LogP contribution in [0.3, 0.4) is 0 Å². The summed E-state index contributed by atoms with van der Waals surface area (Å²) in [6.45, 7) is 2.61. The molecule has 1 saturated heterocycles. The predicted molar refractivity (Wildman–Crippen MR) is 115 cm³/mol. The number of ether oxygens (including phenoxy) is 1. The summed E-state index contributed by atoms with van der Waals surface area (Å²) in [5, 5.41) is 9.49. The molecule has 0 spiro atoms. The Labute approximate surface area is 178 Å². The Bertz CT molecular complexity index is 1210. The number of hydrogen-bond acceptors (Lipinski definition) is 6. The number of aromatic nitrogens is 4. The maximum atomic E-state index is 13.5. The van der Waals surface area contributed by atoms with Crippen LogP contribution in [0.2, 0.25) is 0 Å². The third kappa shape index (κ3) is 3.13. The second-order valence-corrected chi connectivity index (χ2v) is 8.30. The van der Waals surface area contributed by atoms with E-state index in [9.17, 15) is 4.79 Å². The van der Waals surface area contributed by atoms with Crippen LogP contribution in [0.15, 0.2) is 48.7 Å². The van der Waals surface area contributed by atoms with Crippen molar-refractivity contribution in [3.05, 3.63) is 65.1 Å². The highest BCUT2D eigenvalue weighted by Crippen LogP contribution is 2.36. The van der Waals surface area contributed by atoms with E-state index in [4.69, 9.17) is 4.74 Å². The average molecular weight is 420 g/mol. The molecule has 1 aliphatic heterocycles. The van der Waals surface area contributed by atoms with E-state index < -0.39 is 0 Å². The van der Waals surface area contributed by atoms with Crippen molar-refractivity contribution in [3.8, 4) is 16.3 Å². The summed E-state index contributed by atoms with van der Waals surface area (Å²) in [4.78, 5) is 20.7. The zero-order valence-corrected chi connectivity index (χ0v) is 17.6. The van der Waals surface area contributed by atoms with E-state index in [1.54, 1.807) is 7.11 Å². The van der Waals surface area contributed by atoms with E-state index in [0.29, 0.717) is 11.4 Å². The van der Waals surface area contributed by atoms with Crippen molar-refractivity contribution in [2.75, 3.05) is 13.7 Å². The van der Waals surface area contributed by atoms with E-state index in [-0.39, 0.29) is 11.9 Å². The van der Waals surface area contributed by atoms with Crippen LogP contribution >= 0.6 is 11.3 Å². The number of likely N-dealkylation sites (tertiary alicyclic amines) is 1. The molecule has 0 radical (unpaired) electrons. The molecule has 0 aliphatic carbocycles. The molecule has 0 unspecified atom stereocenters. The highest BCUT2D eigenvalue weighted by molar-refractivity contribution is 7.17. The lowest BCUT2D eigenvalue weighted by molar-refractivity contribution is 0.0733. The quantitative estimate of drug-likeness (QED) is 0.497. The summed E-state index contributed by atoms with van der Waals surface area (Å²) in [7, 11) is 1.64. The predicted octanol–water partition coefficient (Wildman–Crippen LogP) is 4.15. The van der Waals surface area contributed by atoms with Crippen LogP contribution in [0.25, 0.3) is 16.2 Å². The van der Waals surface area contributed by atoms with Crippen LogP contribution in [-0.2, 0) is 0 Å². The summed E-state index contributed by atoms with van der Waals surface area (Å²) >= 11 is 1.44. The Morgan fingerprint density at radius 2 is 2.00 bits per heavy atom. The van der Waals surface area contributed by atoms with Crippen molar-refractivity contribution >= 4 is 22.9 Å². The maximum absolute atomic E-state index is 13.5. The maximum Gasteiger partial charge on any atom is 0.266 e. The third-order valence-corrected chi connectivity index (χ3v) is 6.67. The number of pyridine rings is 1. The van der Waals surface area contributed by atoms with Crippen LogP contribution in [-0.4, -0.2) is 44.0 Å². The van der Waals surface area contributed by atoms with Gasteiger partial charge < -0.3 is 9.64 Å². The van der Waals surface area contributed by atoms with Crippen molar-refractivity contribution in [1.29, 1.82) is 0 Å². The Kier molecular flexibility index (Phi) is 4.71. The molecule has 7 nitrogen and oxygen atoms in total. The molecule has 1 aliphatic rings. The number of fused-ring (bicyclic) bond motifs is 1. The molecule has 30 heavy (non-hydrogen) atoms. The van der Waals surface area contributed by atoms with Gasteiger partial charge in [-0.3, -0.25) is 9.20 Å². The molecule has 152 valence electrons. The zero-order valence-electron chi connectivity index (χ0n) is 16.8. The van der Waals surface area contributed by atoms with E-state index in [0.717, 1.165) is 46.3 Å². The first-order chi connectivity index (χ1) is 14.7. The topological polar surface area (TPSA) is 72.6 Å². The molecule has 8 heteroatoms. The van der Waals surface area contributed by atoms with Gasteiger partial charge in [-0.05, 0) is 56.2 Å². The normalized spacial score (nSPS) is 16.3. The SMILES string of the molecule is COc1ccc(-c2nc(C)c(C(=O)N3CCC[C@H]3c3nnc4ccccn34)s2)cc1. The van der Waals surface area contributed by atoms with Gasteiger partial charge >= 0.3 is 0 Å². The monoisotopic (exact) mass is 419 g/mol. The smallest absolute Gasteiger partial charge is 0.266 e. The third-order valence-electron chi connectivity index (χ3n) is 5.48. The molecule has 4 aromatic rings. The molecule has 1 fully saturated rings. The lowest BCUT2D eigenvalue weighted by atomic mass is 10.2. The number of carbonyl (C=O) groups excluding carboxylic acids is 1. The lowest BCUT2D eigenvalue weighted by Gasteiger charge is -2.23. The molecule has 1 atom stereocenters. The fourth-order valence-electron chi connectivity index (χ4n) is 3.95. The Morgan fingerprint density at radius 3 is 2.80 bits per heavy atom. The highest BCUT2D eigenvalue weighted by atomic mass is 32.1. The molecule has 4 heterocycles. The largest absolute Gasteiger partial charge is 0.497 e. The second-order valence-electron chi connectivity index (χ2n) is 7.31. The minimum Gasteiger partial charge on any atom is -0.497 e. The first-order valence-electron chi connectivity index (χ1n) is 9.88. The van der Waals surface area contributed by atoms with Gasteiger partial charge in [-0.15, -0.1) is 21.5 Å². The minimum atomic E-state index is -0.0826. The molecular weight excluding hydrogens is 398 g/mol. The summed E-state index contributed by atoms with van der Waals surface area (Å²) in [6, 6.07) is 13.5. The minimum absolute atomic E-state index is 0.0138. The van der Waals surface area contributed by atoms with Crippen molar-refractivity contribution in [3.63, 3.8) is 0 Å². The van der Waals surface area contributed by atoms with Crippen LogP contribution in [0.4, 0.5) is 0 Å². The Morgan fingerprint density at radius 1 is 1.17 bits per heavy atom. The molecule has 0 bridgehead atoms. The fraction of sp³-hybridized carbons (Fsp3) is 0.273. The molecule has 0 saturated carbocycles. The molecule has 5 rings (SSSR count). The van der Waals surface area contributed by atoms with E-state index >= 15 is 0 Å². The number of carbonyl (C=O) groups is 1. The van der Waals surface area contributed by atoms with Gasteiger partial charge in [0, 0.05) is 18.3 Å². The van der Waals surface area contributed by atoms with Crippen molar-refractivity contribution < 1.29 is 9.53 Å². The number of hydrogen-bond donors (Lipinski definition) is 0. The molecule has 1 amide bonds. The number of aryl methyl sites for hydroxylation is 1. The van der Waals surface area contributed by atoms with Crippen LogP contribution in [0.5, 0.6) is 5.75 Å². The zero-order chi connectivity index (χ0) is 20.7. The number of nitrogens with zero attached hydrogens (tertiary/aromatic N) is 5. The van der Waals surface area contributed by atoms with Gasteiger partial charge in [0.1, 0.15) is 15.6 Å². The highest BCUT2D eigenvalue weighted by Gasteiger charge is 2.35. The van der Waals surface area contributed by atoms with E-state index in [1.165, 1.54) is 11.3 Å². The first kappa shape index (κ1) is 18.7. The number of methoxy groups -OCH3 is 1. The van der Waals surface area contributed by atoms with Crippen LogP contribution < -0.4 is 4.74 Å². The van der Waals surface area contributed by atoms with Gasteiger partial charge in [0.15, 0.2) is 11.5 Å². The summed E-state index contributed by atoms with van der Waals surface area (Å²) in [6.07, 6.45) is 3.78. The van der Waals surface area contributed by atoms with Crippen molar-refractivity contribution in [2.24, 2.45) is 0 Å². The number of amides is 1. The molecule has 0 N–H and O–H groups in total. The van der Waals surface area contributed by atoms with E-state index in [2.05, 4.69) is 15.2 Å². The number of benzene rings is 1. The van der Waals surface area contributed by atoms with Gasteiger partial charge in [0.25, 0.3) is 5.91 Å². The number of rotatable bonds is 4. The van der Waals surface area contributed by atoms with Crippen molar-refractivity contribution in [1.82, 2.24) is 24.5 Å². The molecular formula is C22H21N5O2S. The Hall–Kier alpha value is -3.26. The van der Waals surface area contributed by atoms with Crippen LogP contribution in [0.1, 0.15) is 40.1 Å². The summed E-state index contributed by atoms with van der Waals surface area (Å²) < 4.78 is 7.20. The van der Waals surface area contributed by atoms with Crippen LogP contribution in [0, 0.1) is 6.92 Å². The van der Waals surface area contributed by atoms with Gasteiger partial charge in [0.2, 0.25) is 0 Å². The van der Waals surface area contributed by atoms with Gasteiger partial charge in [-0.25, -0.2) is 4.98 Å². The molecule has 1 aromatic carbocycles. The van der Waals surface area contributed by atoms with Gasteiger partial charge in [-0.1, -0.05) is 6.07 Å². The summed E-state index contributed by atoms with van der Waals surface area (Å²) in [5.41, 5.74) is 2.53. The average Bonchev–Trinajstić information content (AvgIpc) is 3.51. The second kappa shape index (κ2) is 7.53. The Balaban J connectivity index is 1.45. The van der Waals surface area contributed by atoms with Gasteiger partial charge in [-0.2, -0.15) is 0 Å². The lowest BCUT2D eigenvalue weighted by Crippen LogP contribution is -2.31. The van der Waals surface area contributed by atoms with Gasteiger partial charge in [0.05, 0.1) is 18.8 Å². The first-order valence-corrected chi connectivity index (χ1v) is 10.7. The van der Waals surface area contributed by atoms with Crippen molar-refractivity contribution in [2.45, 2.75) is 25.8 Å². The number of thiazole rings is 1. The fourth-order valence-corrected chi connectivity index (χ4v) is 4.98.